The minimum absolute atomic E-state index is 0.0324. The summed E-state index contributed by atoms with van der Waals surface area (Å²) >= 11 is 6.13. The second kappa shape index (κ2) is 5.99. The molecule has 0 fully saturated rings. The number of hydrogen-bond acceptors (Lipinski definition) is 1. The van der Waals surface area contributed by atoms with Crippen LogP contribution in [0.25, 0.3) is 11.8 Å². The number of benzene rings is 3. The van der Waals surface area contributed by atoms with Crippen molar-refractivity contribution >= 4 is 35.0 Å². The lowest BCUT2D eigenvalue weighted by molar-refractivity contribution is 0.101. The van der Waals surface area contributed by atoms with Gasteiger partial charge >= 0.3 is 0 Å². The summed E-state index contributed by atoms with van der Waals surface area (Å²) < 4.78 is 0. The first-order valence-electron chi connectivity index (χ1n) is 7.70. The van der Waals surface area contributed by atoms with E-state index in [1.807, 2.05) is 78.9 Å². The number of carbonyl (C=O) groups is 1. The van der Waals surface area contributed by atoms with Crippen molar-refractivity contribution in [2.75, 3.05) is 4.90 Å². The largest absolute Gasteiger partial charge is 0.276 e. The van der Waals surface area contributed by atoms with E-state index in [2.05, 4.69) is 0 Å². The Bertz CT molecular complexity index is 947. The Kier molecular flexibility index (Phi) is 3.68. The maximum Gasteiger partial charge on any atom is 0.263 e. The molecule has 1 heterocycles. The van der Waals surface area contributed by atoms with Gasteiger partial charge in [0.25, 0.3) is 5.91 Å². The third-order valence-electron chi connectivity index (χ3n) is 4.05. The lowest BCUT2D eigenvalue weighted by Gasteiger charge is -2.19. The average Bonchev–Trinajstić information content (AvgIpc) is 2.89. The summed E-state index contributed by atoms with van der Waals surface area (Å²) in [5, 5.41) is 0.607. The number of fused-ring (bicyclic) bond motifs is 1. The van der Waals surface area contributed by atoms with Gasteiger partial charge in [0, 0.05) is 16.1 Å². The topological polar surface area (TPSA) is 20.3 Å². The predicted octanol–water partition coefficient (Wildman–Crippen LogP) is 5.50. The fourth-order valence-corrected chi connectivity index (χ4v) is 3.15. The van der Waals surface area contributed by atoms with Crippen LogP contribution in [0.5, 0.6) is 0 Å². The molecule has 3 aromatic carbocycles. The third-order valence-corrected chi connectivity index (χ3v) is 4.28. The van der Waals surface area contributed by atoms with Crippen LogP contribution >= 0.6 is 11.6 Å². The number of halogens is 1. The number of amides is 1. The molecule has 1 aliphatic heterocycles. The number of nitrogens with zero attached hydrogens (tertiary/aromatic N) is 1. The second-order valence-electron chi connectivity index (χ2n) is 5.61. The van der Waals surface area contributed by atoms with Crippen LogP contribution < -0.4 is 4.90 Å². The van der Waals surface area contributed by atoms with Crippen LogP contribution in [0.4, 0.5) is 5.69 Å². The van der Waals surface area contributed by atoms with Crippen molar-refractivity contribution in [3.05, 3.63) is 101 Å². The van der Waals surface area contributed by atoms with E-state index < -0.39 is 0 Å². The molecular weight excluding hydrogens is 318 g/mol. The summed E-state index contributed by atoms with van der Waals surface area (Å²) in [4.78, 5) is 14.7. The second-order valence-corrected chi connectivity index (χ2v) is 6.04. The van der Waals surface area contributed by atoms with Gasteiger partial charge in [0.15, 0.2) is 0 Å². The Morgan fingerprint density at radius 1 is 0.792 bits per heavy atom. The van der Waals surface area contributed by atoms with Crippen LogP contribution in [-0.4, -0.2) is 5.91 Å². The van der Waals surface area contributed by atoms with Crippen LogP contribution in [0.2, 0.25) is 5.02 Å². The molecule has 2 nitrogen and oxygen atoms in total. The van der Waals surface area contributed by atoms with Crippen LogP contribution in [0, 0.1) is 0 Å². The molecule has 0 aliphatic carbocycles. The van der Waals surface area contributed by atoms with Crippen LogP contribution in [0.1, 0.15) is 21.5 Å². The molecular formula is C21H14ClNO. The van der Waals surface area contributed by atoms with Gasteiger partial charge in [-0.3, -0.25) is 9.69 Å². The van der Waals surface area contributed by atoms with E-state index in [0.717, 1.165) is 22.5 Å². The maximum atomic E-state index is 13.0. The van der Waals surface area contributed by atoms with Crippen LogP contribution in [-0.2, 0) is 0 Å². The molecule has 0 saturated heterocycles. The summed E-state index contributed by atoms with van der Waals surface area (Å²) in [6.07, 6.45) is 2.03. The Morgan fingerprint density at radius 3 is 2.25 bits per heavy atom. The molecule has 3 heteroatoms. The van der Waals surface area contributed by atoms with Crippen molar-refractivity contribution in [3.8, 4) is 0 Å². The SMILES string of the molecule is O=C1c2ccccc2C(=Cc2ccccc2)N1c1cccc(Cl)c1. The number of carbonyl (C=O) groups excluding carboxylic acids is 1. The van der Waals surface area contributed by atoms with Gasteiger partial charge in [-0.15, -0.1) is 0 Å². The average molecular weight is 332 g/mol. The van der Waals surface area contributed by atoms with E-state index in [-0.39, 0.29) is 5.91 Å². The molecule has 0 radical (unpaired) electrons. The van der Waals surface area contributed by atoms with Gasteiger partial charge in [0.1, 0.15) is 0 Å². The summed E-state index contributed by atoms with van der Waals surface area (Å²) in [5.74, 6) is -0.0324. The molecule has 0 saturated carbocycles. The molecule has 0 aromatic heterocycles. The first-order chi connectivity index (χ1) is 11.7. The van der Waals surface area contributed by atoms with Gasteiger partial charge in [0.05, 0.1) is 11.4 Å². The highest BCUT2D eigenvalue weighted by atomic mass is 35.5. The lowest BCUT2D eigenvalue weighted by atomic mass is 10.1. The monoisotopic (exact) mass is 331 g/mol. The van der Waals surface area contributed by atoms with E-state index in [1.165, 1.54) is 0 Å². The fraction of sp³-hybridized carbons (Fsp3) is 0. The van der Waals surface area contributed by atoms with E-state index in [1.54, 1.807) is 11.0 Å². The molecule has 0 N–H and O–H groups in total. The Labute approximate surface area is 145 Å². The molecule has 1 amide bonds. The van der Waals surface area contributed by atoms with E-state index in [0.29, 0.717) is 10.6 Å². The number of rotatable bonds is 2. The van der Waals surface area contributed by atoms with E-state index >= 15 is 0 Å². The van der Waals surface area contributed by atoms with Gasteiger partial charge in [-0.1, -0.05) is 66.2 Å². The molecule has 24 heavy (non-hydrogen) atoms. The highest BCUT2D eigenvalue weighted by Crippen LogP contribution is 2.38. The minimum atomic E-state index is -0.0324. The van der Waals surface area contributed by atoms with Gasteiger partial charge in [-0.05, 0) is 35.9 Å². The van der Waals surface area contributed by atoms with E-state index in [4.69, 9.17) is 11.6 Å². The quantitative estimate of drug-likeness (QED) is 0.607. The zero-order valence-corrected chi connectivity index (χ0v) is 13.6. The molecule has 116 valence electrons. The highest BCUT2D eigenvalue weighted by Gasteiger charge is 2.33. The molecule has 1 aliphatic rings. The van der Waals surface area contributed by atoms with Crippen molar-refractivity contribution in [1.82, 2.24) is 0 Å². The Balaban J connectivity index is 1.92. The number of anilines is 1. The van der Waals surface area contributed by atoms with Gasteiger partial charge in [-0.2, -0.15) is 0 Å². The molecule has 0 bridgehead atoms. The summed E-state index contributed by atoms with van der Waals surface area (Å²) in [6.45, 7) is 0. The van der Waals surface area contributed by atoms with Crippen molar-refractivity contribution in [3.63, 3.8) is 0 Å². The molecule has 0 unspecified atom stereocenters. The smallest absolute Gasteiger partial charge is 0.263 e. The van der Waals surface area contributed by atoms with Crippen LogP contribution in [0.3, 0.4) is 0 Å². The van der Waals surface area contributed by atoms with Crippen molar-refractivity contribution in [2.24, 2.45) is 0 Å². The summed E-state index contributed by atoms with van der Waals surface area (Å²) in [5.41, 5.74) is 4.32. The Hall–Kier alpha value is -2.84. The summed E-state index contributed by atoms with van der Waals surface area (Å²) in [7, 11) is 0. The fourth-order valence-electron chi connectivity index (χ4n) is 2.96. The standard InChI is InChI=1S/C21H14ClNO/c22-16-9-6-10-17(14-16)23-20(13-15-7-2-1-3-8-15)18-11-4-5-12-19(18)21(23)24/h1-14H. The van der Waals surface area contributed by atoms with Crippen molar-refractivity contribution in [1.29, 1.82) is 0 Å². The van der Waals surface area contributed by atoms with Gasteiger partial charge in [-0.25, -0.2) is 0 Å². The first-order valence-corrected chi connectivity index (χ1v) is 8.08. The summed E-state index contributed by atoms with van der Waals surface area (Å²) in [6, 6.07) is 25.0. The van der Waals surface area contributed by atoms with E-state index in [9.17, 15) is 4.79 Å². The van der Waals surface area contributed by atoms with Gasteiger partial charge < -0.3 is 0 Å². The normalized spacial score (nSPS) is 15.0. The lowest BCUT2D eigenvalue weighted by Crippen LogP contribution is -2.22. The number of hydrogen-bond donors (Lipinski definition) is 0. The van der Waals surface area contributed by atoms with Crippen molar-refractivity contribution < 1.29 is 4.79 Å². The molecule has 3 aromatic rings. The molecule has 0 spiro atoms. The predicted molar refractivity (Wildman–Crippen MR) is 99.0 cm³/mol. The molecule has 4 rings (SSSR count). The minimum Gasteiger partial charge on any atom is -0.276 e. The Morgan fingerprint density at radius 2 is 1.50 bits per heavy atom. The van der Waals surface area contributed by atoms with Crippen molar-refractivity contribution in [2.45, 2.75) is 0 Å². The zero-order valence-electron chi connectivity index (χ0n) is 12.8. The van der Waals surface area contributed by atoms with Crippen LogP contribution in [0.15, 0.2) is 78.9 Å². The molecule has 0 atom stereocenters. The zero-order chi connectivity index (χ0) is 16.5. The maximum absolute atomic E-state index is 13.0. The first kappa shape index (κ1) is 14.7. The highest BCUT2D eigenvalue weighted by molar-refractivity contribution is 6.31. The van der Waals surface area contributed by atoms with Gasteiger partial charge in [0.2, 0.25) is 0 Å². The third kappa shape index (κ3) is 2.51.